The maximum Gasteiger partial charge on any atom is 0.317 e. The van der Waals surface area contributed by atoms with Crippen molar-refractivity contribution in [3.63, 3.8) is 0 Å². The Morgan fingerprint density at radius 2 is 2.21 bits per heavy atom. The highest BCUT2D eigenvalue weighted by molar-refractivity contribution is 5.74. The molecule has 3 rings (SSSR count). The number of piperidine rings is 1. The number of carbonyl (C=O) groups excluding carboxylic acids is 1. The minimum absolute atomic E-state index is 0.000566. The fourth-order valence-corrected chi connectivity index (χ4v) is 3.04. The van der Waals surface area contributed by atoms with Gasteiger partial charge in [0.25, 0.3) is 0 Å². The lowest BCUT2D eigenvalue weighted by Crippen LogP contribution is -2.45. The van der Waals surface area contributed by atoms with Crippen LogP contribution in [0.1, 0.15) is 37.3 Å². The topological polar surface area (TPSA) is 70.2 Å². The van der Waals surface area contributed by atoms with Gasteiger partial charge in [0.05, 0.1) is 18.8 Å². The van der Waals surface area contributed by atoms with Crippen LogP contribution in [0.2, 0.25) is 0 Å². The fourth-order valence-electron chi connectivity index (χ4n) is 3.04. The second-order valence-electron chi connectivity index (χ2n) is 5.98. The maximum atomic E-state index is 12.5. The van der Waals surface area contributed by atoms with Crippen molar-refractivity contribution in [1.29, 1.82) is 0 Å². The van der Waals surface area contributed by atoms with Crippen LogP contribution in [0.15, 0.2) is 42.7 Å². The van der Waals surface area contributed by atoms with Gasteiger partial charge < -0.3 is 15.0 Å². The lowest BCUT2D eigenvalue weighted by atomic mass is 9.98. The average molecular weight is 328 g/mol. The molecule has 0 saturated carbocycles. The third-order valence-corrected chi connectivity index (χ3v) is 4.28. The molecule has 0 aliphatic carbocycles. The predicted molar refractivity (Wildman–Crippen MR) is 91.8 cm³/mol. The summed E-state index contributed by atoms with van der Waals surface area (Å²) in [5, 5.41) is 9.85. The molecule has 1 aliphatic rings. The summed E-state index contributed by atoms with van der Waals surface area (Å²) in [5.74, 6) is 0.861. The molecule has 1 aromatic heterocycles. The molecule has 1 aliphatic heterocycles. The standard InChI is InChI=1S/C18H24N4O2/c23-18(19-10-6-12-24-16-7-2-1-3-8-16)22-11-5-4-9-17(22)15-13-20-21-14-15/h1-3,7-8,13-14,17H,4-6,9-12H2,(H,19,23)(H,20,21)/t17-/m0/s1. The van der Waals surface area contributed by atoms with Crippen LogP contribution in [0.3, 0.4) is 0 Å². The number of amides is 2. The molecular weight excluding hydrogens is 304 g/mol. The highest BCUT2D eigenvalue weighted by atomic mass is 16.5. The molecule has 128 valence electrons. The molecule has 1 saturated heterocycles. The highest BCUT2D eigenvalue weighted by Gasteiger charge is 2.28. The van der Waals surface area contributed by atoms with Gasteiger partial charge in [-0.05, 0) is 37.8 Å². The number of carbonyl (C=O) groups is 1. The van der Waals surface area contributed by atoms with Gasteiger partial charge in [-0.25, -0.2) is 4.79 Å². The number of benzene rings is 1. The van der Waals surface area contributed by atoms with Gasteiger partial charge in [-0.1, -0.05) is 18.2 Å². The maximum absolute atomic E-state index is 12.5. The SMILES string of the molecule is O=C(NCCCOc1ccccc1)N1CCCC[C@H]1c1cn[nH]c1. The quantitative estimate of drug-likeness (QED) is 0.801. The first-order chi connectivity index (χ1) is 11.8. The van der Waals surface area contributed by atoms with E-state index in [1.54, 1.807) is 0 Å². The second kappa shape index (κ2) is 8.38. The number of hydrogen-bond donors (Lipinski definition) is 2. The summed E-state index contributed by atoms with van der Waals surface area (Å²) >= 11 is 0. The van der Waals surface area contributed by atoms with E-state index in [0.717, 1.165) is 43.5 Å². The van der Waals surface area contributed by atoms with Crippen LogP contribution in [-0.2, 0) is 0 Å². The summed E-state index contributed by atoms with van der Waals surface area (Å²) in [4.78, 5) is 14.4. The van der Waals surface area contributed by atoms with E-state index in [1.807, 2.05) is 47.6 Å². The molecule has 2 aromatic rings. The van der Waals surface area contributed by atoms with Gasteiger partial charge in [-0.15, -0.1) is 0 Å². The van der Waals surface area contributed by atoms with Crippen LogP contribution in [0, 0.1) is 0 Å². The van der Waals surface area contributed by atoms with E-state index in [-0.39, 0.29) is 12.1 Å². The monoisotopic (exact) mass is 328 g/mol. The first-order valence-electron chi connectivity index (χ1n) is 8.55. The first-order valence-corrected chi connectivity index (χ1v) is 8.55. The van der Waals surface area contributed by atoms with Crippen molar-refractivity contribution in [1.82, 2.24) is 20.4 Å². The number of rotatable bonds is 6. The Kier molecular flexibility index (Phi) is 5.71. The Morgan fingerprint density at radius 3 is 3.00 bits per heavy atom. The van der Waals surface area contributed by atoms with E-state index >= 15 is 0 Å². The van der Waals surface area contributed by atoms with Crippen LogP contribution in [0.25, 0.3) is 0 Å². The van der Waals surface area contributed by atoms with Crippen LogP contribution in [0.4, 0.5) is 4.79 Å². The van der Waals surface area contributed by atoms with Gasteiger partial charge >= 0.3 is 6.03 Å². The lowest BCUT2D eigenvalue weighted by Gasteiger charge is -2.35. The van der Waals surface area contributed by atoms with E-state index in [2.05, 4.69) is 15.5 Å². The molecule has 1 aromatic carbocycles. The number of likely N-dealkylation sites (tertiary alicyclic amines) is 1. The minimum Gasteiger partial charge on any atom is -0.494 e. The van der Waals surface area contributed by atoms with Gasteiger partial charge in [0.1, 0.15) is 5.75 Å². The fraction of sp³-hybridized carbons (Fsp3) is 0.444. The van der Waals surface area contributed by atoms with Crippen molar-refractivity contribution >= 4 is 6.03 Å². The van der Waals surface area contributed by atoms with Crippen molar-refractivity contribution < 1.29 is 9.53 Å². The number of aromatic amines is 1. The largest absolute Gasteiger partial charge is 0.494 e. The number of para-hydroxylation sites is 1. The molecule has 0 unspecified atom stereocenters. The van der Waals surface area contributed by atoms with Gasteiger partial charge in [-0.2, -0.15) is 5.10 Å². The third kappa shape index (κ3) is 4.28. The molecular formula is C18H24N4O2. The number of aromatic nitrogens is 2. The van der Waals surface area contributed by atoms with Crippen molar-refractivity contribution in [2.24, 2.45) is 0 Å². The molecule has 0 bridgehead atoms. The summed E-state index contributed by atoms with van der Waals surface area (Å²) in [6.45, 7) is 2.00. The van der Waals surface area contributed by atoms with Crippen LogP contribution >= 0.6 is 0 Å². The number of H-pyrrole nitrogens is 1. The third-order valence-electron chi connectivity index (χ3n) is 4.28. The van der Waals surface area contributed by atoms with Crippen molar-refractivity contribution in [2.75, 3.05) is 19.7 Å². The van der Waals surface area contributed by atoms with E-state index in [4.69, 9.17) is 4.74 Å². The van der Waals surface area contributed by atoms with E-state index < -0.39 is 0 Å². The molecule has 0 radical (unpaired) electrons. The molecule has 24 heavy (non-hydrogen) atoms. The summed E-state index contributed by atoms with van der Waals surface area (Å²) in [6.07, 6.45) is 7.66. The zero-order valence-corrected chi connectivity index (χ0v) is 13.8. The molecule has 2 N–H and O–H groups in total. The summed E-state index contributed by atoms with van der Waals surface area (Å²) in [7, 11) is 0. The lowest BCUT2D eigenvalue weighted by molar-refractivity contribution is 0.151. The number of ether oxygens (including phenoxy) is 1. The molecule has 1 fully saturated rings. The average Bonchev–Trinajstić information content (AvgIpc) is 3.17. The van der Waals surface area contributed by atoms with Crippen molar-refractivity contribution in [3.8, 4) is 5.75 Å². The highest BCUT2D eigenvalue weighted by Crippen LogP contribution is 2.30. The van der Waals surface area contributed by atoms with Gasteiger partial charge in [0.2, 0.25) is 0 Å². The van der Waals surface area contributed by atoms with Crippen LogP contribution in [0.5, 0.6) is 5.75 Å². The molecule has 6 nitrogen and oxygen atoms in total. The Labute approximate surface area is 142 Å². The molecule has 1 atom stereocenters. The number of nitrogens with zero attached hydrogens (tertiary/aromatic N) is 2. The molecule has 2 amide bonds. The number of hydrogen-bond acceptors (Lipinski definition) is 3. The molecule has 6 heteroatoms. The number of nitrogens with one attached hydrogen (secondary N) is 2. The van der Waals surface area contributed by atoms with Gasteiger partial charge in [0, 0.05) is 24.8 Å². The Bertz CT molecular complexity index is 615. The summed E-state index contributed by atoms with van der Waals surface area (Å²) in [5.41, 5.74) is 1.08. The first kappa shape index (κ1) is 16.4. The Hall–Kier alpha value is -2.50. The Balaban J connectivity index is 1.42. The van der Waals surface area contributed by atoms with E-state index in [9.17, 15) is 4.79 Å². The Morgan fingerprint density at radius 1 is 1.33 bits per heavy atom. The normalized spacial score (nSPS) is 17.5. The summed E-state index contributed by atoms with van der Waals surface area (Å²) in [6, 6.07) is 9.84. The van der Waals surface area contributed by atoms with E-state index in [1.165, 1.54) is 0 Å². The van der Waals surface area contributed by atoms with Gasteiger partial charge in [0.15, 0.2) is 0 Å². The molecule has 0 spiro atoms. The van der Waals surface area contributed by atoms with E-state index in [0.29, 0.717) is 13.2 Å². The second-order valence-corrected chi connectivity index (χ2v) is 5.98. The minimum atomic E-state index is 0.000566. The zero-order valence-electron chi connectivity index (χ0n) is 13.8. The van der Waals surface area contributed by atoms with Crippen LogP contribution in [-0.4, -0.2) is 40.8 Å². The van der Waals surface area contributed by atoms with Crippen molar-refractivity contribution in [2.45, 2.75) is 31.7 Å². The van der Waals surface area contributed by atoms with Crippen LogP contribution < -0.4 is 10.1 Å². The van der Waals surface area contributed by atoms with Crippen molar-refractivity contribution in [3.05, 3.63) is 48.3 Å². The van der Waals surface area contributed by atoms with Gasteiger partial charge in [-0.3, -0.25) is 5.10 Å². The zero-order chi connectivity index (χ0) is 16.6. The predicted octanol–water partition coefficient (Wildman–Crippen LogP) is 3.12. The smallest absolute Gasteiger partial charge is 0.317 e. The number of urea groups is 1. The summed E-state index contributed by atoms with van der Waals surface area (Å²) < 4.78 is 5.64. The molecule has 2 heterocycles.